The molecule has 86 valence electrons. The first-order chi connectivity index (χ1) is 6.84. The van der Waals surface area contributed by atoms with Gasteiger partial charge in [-0.1, -0.05) is 0 Å². The fourth-order valence-electron chi connectivity index (χ4n) is 0.816. The van der Waals surface area contributed by atoms with Crippen molar-refractivity contribution in [3.05, 3.63) is 23.4 Å². The minimum absolute atomic E-state index is 0.391. The second-order valence-corrected chi connectivity index (χ2v) is 2.66. The van der Waals surface area contributed by atoms with Crippen LogP contribution in [0.25, 0.3) is 0 Å². The smallest absolute Gasteiger partial charge is 0.364 e. The molecule has 3 nitrogen and oxygen atoms in total. The van der Waals surface area contributed by atoms with Crippen LogP contribution in [-0.4, -0.2) is 31.4 Å². The van der Waals surface area contributed by atoms with Gasteiger partial charge in [-0.2, -0.15) is 13.2 Å². The van der Waals surface area contributed by atoms with E-state index in [4.69, 9.17) is 0 Å². The first-order valence-corrected chi connectivity index (χ1v) is 3.95. The highest BCUT2D eigenvalue weighted by atomic mass is 19.4. The summed E-state index contributed by atoms with van der Waals surface area (Å²) in [5.41, 5.74) is -1.32. The van der Waals surface area contributed by atoms with Crippen molar-refractivity contribution in [1.82, 2.24) is 0 Å². The van der Waals surface area contributed by atoms with Gasteiger partial charge >= 0.3 is 6.18 Å². The van der Waals surface area contributed by atoms with Gasteiger partial charge in [-0.25, -0.2) is 0 Å². The van der Waals surface area contributed by atoms with Gasteiger partial charge < -0.3 is 9.84 Å². The number of hydrogen-bond acceptors (Lipinski definition) is 3. The van der Waals surface area contributed by atoms with E-state index < -0.39 is 23.6 Å². The standard InChI is InChI=1S/C9H12F3NO2/c1-6(9(10,11)12)7(4-5-13-2)8(14)15-3/h4-5,8,14H,2H2,1,3H3/b5-4-,7-6-. The van der Waals surface area contributed by atoms with Crippen LogP contribution >= 0.6 is 0 Å². The Balaban J connectivity index is 5.24. The maximum Gasteiger partial charge on any atom is 0.412 e. The Morgan fingerprint density at radius 2 is 2.07 bits per heavy atom. The second kappa shape index (κ2) is 5.67. The van der Waals surface area contributed by atoms with E-state index in [9.17, 15) is 18.3 Å². The summed E-state index contributed by atoms with van der Waals surface area (Å²) in [7, 11) is 1.10. The van der Waals surface area contributed by atoms with Crippen LogP contribution in [-0.2, 0) is 4.74 Å². The highest BCUT2D eigenvalue weighted by Crippen LogP contribution is 2.29. The Bertz CT molecular complexity index is 282. The molecule has 0 aliphatic rings. The normalized spacial score (nSPS) is 16.4. The van der Waals surface area contributed by atoms with E-state index in [0.29, 0.717) is 0 Å². The zero-order valence-electron chi connectivity index (χ0n) is 8.38. The van der Waals surface area contributed by atoms with Gasteiger partial charge in [-0.15, -0.1) is 0 Å². The molecule has 0 saturated carbocycles. The number of halogens is 3. The van der Waals surface area contributed by atoms with E-state index in [-0.39, 0.29) is 0 Å². The number of alkyl halides is 3. The number of nitrogens with zero attached hydrogens (tertiary/aromatic N) is 1. The minimum Gasteiger partial charge on any atom is -0.364 e. The monoisotopic (exact) mass is 223 g/mol. The van der Waals surface area contributed by atoms with E-state index in [1.807, 2.05) is 0 Å². The summed E-state index contributed by atoms with van der Waals surface area (Å²) in [6.45, 7) is 3.93. The zero-order chi connectivity index (χ0) is 12.1. The third-order valence-corrected chi connectivity index (χ3v) is 1.71. The molecule has 1 unspecified atom stereocenters. The van der Waals surface area contributed by atoms with Crippen LogP contribution < -0.4 is 0 Å². The van der Waals surface area contributed by atoms with Crippen molar-refractivity contribution in [3.63, 3.8) is 0 Å². The van der Waals surface area contributed by atoms with Crippen molar-refractivity contribution in [2.75, 3.05) is 7.11 Å². The lowest BCUT2D eigenvalue weighted by Gasteiger charge is -2.15. The van der Waals surface area contributed by atoms with Gasteiger partial charge in [0.25, 0.3) is 0 Å². The van der Waals surface area contributed by atoms with Crippen LogP contribution in [0.5, 0.6) is 0 Å². The molecular formula is C9H12F3NO2. The Kier molecular flexibility index (Phi) is 5.24. The minimum atomic E-state index is -4.51. The van der Waals surface area contributed by atoms with E-state index in [0.717, 1.165) is 26.3 Å². The maximum absolute atomic E-state index is 12.3. The fourth-order valence-corrected chi connectivity index (χ4v) is 0.816. The lowest BCUT2D eigenvalue weighted by atomic mass is 10.1. The summed E-state index contributed by atoms with van der Waals surface area (Å²) in [6.07, 6.45) is -4.10. The van der Waals surface area contributed by atoms with Crippen molar-refractivity contribution in [3.8, 4) is 0 Å². The number of hydrogen-bond donors (Lipinski definition) is 1. The number of methoxy groups -OCH3 is 1. The second-order valence-electron chi connectivity index (χ2n) is 2.66. The lowest BCUT2D eigenvalue weighted by molar-refractivity contribution is -0.0980. The molecule has 1 N–H and O–H groups in total. The van der Waals surface area contributed by atoms with E-state index >= 15 is 0 Å². The summed E-state index contributed by atoms with van der Waals surface area (Å²) in [5, 5.41) is 9.18. The first kappa shape index (κ1) is 13.9. The molecule has 1 atom stereocenters. The van der Waals surface area contributed by atoms with Gasteiger partial charge in [-0.05, 0) is 19.7 Å². The maximum atomic E-state index is 12.3. The van der Waals surface area contributed by atoms with Crippen molar-refractivity contribution in [2.45, 2.75) is 19.4 Å². The van der Waals surface area contributed by atoms with E-state index in [1.165, 1.54) is 0 Å². The SMILES string of the molecule is C=N/C=C\C(=C(/C)C(F)(F)F)C(O)OC. The number of aliphatic hydroxyl groups is 1. The highest BCUT2D eigenvalue weighted by Gasteiger charge is 2.33. The van der Waals surface area contributed by atoms with Crippen molar-refractivity contribution < 1.29 is 23.0 Å². The predicted octanol–water partition coefficient (Wildman–Crippen LogP) is 2.04. The molecule has 0 radical (unpaired) electrons. The van der Waals surface area contributed by atoms with Gasteiger partial charge in [-0.3, -0.25) is 4.99 Å². The molecule has 0 aliphatic heterocycles. The average Bonchev–Trinajstić information content (AvgIpc) is 2.16. The van der Waals surface area contributed by atoms with Gasteiger partial charge in [0, 0.05) is 24.5 Å². The molecule has 0 amide bonds. The molecule has 0 bridgehead atoms. The molecule has 0 rings (SSSR count). The van der Waals surface area contributed by atoms with Crippen LogP contribution in [0.2, 0.25) is 0 Å². The number of aliphatic imine (C=N–C) groups is 1. The highest BCUT2D eigenvalue weighted by molar-refractivity contribution is 5.32. The fraction of sp³-hybridized carbons (Fsp3) is 0.444. The Morgan fingerprint density at radius 3 is 2.40 bits per heavy atom. The van der Waals surface area contributed by atoms with Gasteiger partial charge in [0.1, 0.15) is 0 Å². The Morgan fingerprint density at radius 1 is 1.53 bits per heavy atom. The quantitative estimate of drug-likeness (QED) is 0.450. The van der Waals surface area contributed by atoms with Crippen LogP contribution in [0.15, 0.2) is 28.4 Å². The number of ether oxygens (including phenoxy) is 1. The van der Waals surface area contributed by atoms with Crippen LogP contribution in [0.1, 0.15) is 6.92 Å². The van der Waals surface area contributed by atoms with Gasteiger partial charge in [0.15, 0.2) is 6.29 Å². The Labute approximate surface area is 85.6 Å². The summed E-state index contributed by atoms with van der Waals surface area (Å²) < 4.78 is 41.4. The molecule has 0 aromatic rings. The number of allylic oxidation sites excluding steroid dienone is 1. The molecule has 0 heterocycles. The van der Waals surface area contributed by atoms with E-state index in [2.05, 4.69) is 16.4 Å². The van der Waals surface area contributed by atoms with E-state index in [1.54, 1.807) is 0 Å². The molecular weight excluding hydrogens is 211 g/mol. The van der Waals surface area contributed by atoms with Crippen LogP contribution in [0.3, 0.4) is 0 Å². The molecule has 0 aliphatic carbocycles. The summed E-state index contributed by atoms with van der Waals surface area (Å²) >= 11 is 0. The molecule has 0 aromatic carbocycles. The van der Waals surface area contributed by atoms with Gasteiger partial charge in [0.05, 0.1) is 0 Å². The molecule has 0 fully saturated rings. The third kappa shape index (κ3) is 4.26. The average molecular weight is 223 g/mol. The summed E-state index contributed by atoms with van der Waals surface area (Å²) in [6, 6.07) is 0. The molecule has 0 saturated heterocycles. The van der Waals surface area contributed by atoms with Crippen molar-refractivity contribution in [1.29, 1.82) is 0 Å². The molecule has 15 heavy (non-hydrogen) atoms. The summed E-state index contributed by atoms with van der Waals surface area (Å²) in [4.78, 5) is 3.26. The van der Waals surface area contributed by atoms with Crippen molar-refractivity contribution in [2.24, 2.45) is 4.99 Å². The zero-order valence-corrected chi connectivity index (χ0v) is 8.38. The molecule has 6 heteroatoms. The van der Waals surface area contributed by atoms with Crippen molar-refractivity contribution >= 4 is 6.72 Å². The topological polar surface area (TPSA) is 41.8 Å². The predicted molar refractivity (Wildman–Crippen MR) is 50.5 cm³/mol. The third-order valence-electron chi connectivity index (χ3n) is 1.71. The lowest BCUT2D eigenvalue weighted by Crippen LogP contribution is -2.19. The van der Waals surface area contributed by atoms with Crippen LogP contribution in [0, 0.1) is 0 Å². The number of rotatable bonds is 4. The summed E-state index contributed by atoms with van der Waals surface area (Å²) in [5.74, 6) is 0. The Hall–Kier alpha value is -1.14. The van der Waals surface area contributed by atoms with Gasteiger partial charge in [0.2, 0.25) is 0 Å². The largest absolute Gasteiger partial charge is 0.412 e. The molecule has 0 spiro atoms. The number of aliphatic hydroxyl groups excluding tert-OH is 1. The van der Waals surface area contributed by atoms with Crippen LogP contribution in [0.4, 0.5) is 13.2 Å². The molecule has 0 aromatic heterocycles. The first-order valence-electron chi connectivity index (χ1n) is 3.95.